The van der Waals surface area contributed by atoms with Gasteiger partial charge in [0.05, 0.1) is 17.1 Å². The first-order valence-corrected chi connectivity index (χ1v) is 9.60. The van der Waals surface area contributed by atoms with E-state index in [4.69, 9.17) is 4.74 Å². The Kier molecular flexibility index (Phi) is 7.05. The smallest absolute Gasteiger partial charge is 0.353 e. The van der Waals surface area contributed by atoms with Crippen LogP contribution in [0.1, 0.15) is 29.8 Å². The molecule has 0 saturated carbocycles. The van der Waals surface area contributed by atoms with Crippen LogP contribution in [-0.4, -0.2) is 32.5 Å². The fraction of sp³-hybridized carbons (Fsp3) is 0.238. The van der Waals surface area contributed by atoms with E-state index in [1.54, 1.807) is 42.7 Å². The average molecular weight is 422 g/mol. The third kappa shape index (κ3) is 5.95. The number of rotatable bonds is 9. The van der Waals surface area contributed by atoms with Crippen LogP contribution in [0.4, 0.5) is 23.0 Å². The van der Waals surface area contributed by atoms with Crippen LogP contribution in [0.25, 0.3) is 0 Å². The second kappa shape index (κ2) is 10.1. The van der Waals surface area contributed by atoms with Crippen molar-refractivity contribution in [3.8, 4) is 0 Å². The lowest BCUT2D eigenvalue weighted by Crippen LogP contribution is -2.10. The number of nitrogens with one attached hydrogen (secondary N) is 2. The van der Waals surface area contributed by atoms with Crippen LogP contribution in [-0.2, 0) is 11.3 Å². The zero-order valence-corrected chi connectivity index (χ0v) is 17.1. The fourth-order valence-electron chi connectivity index (χ4n) is 2.61. The van der Waals surface area contributed by atoms with Crippen molar-refractivity contribution in [2.24, 2.45) is 5.92 Å². The number of benzene rings is 1. The summed E-state index contributed by atoms with van der Waals surface area (Å²) in [4.78, 5) is 35.2. The number of ether oxygens (including phenoxy) is 1. The minimum Gasteiger partial charge on any atom is -0.462 e. The number of aromatic nitrogens is 3. The maximum absolute atomic E-state index is 12.0. The summed E-state index contributed by atoms with van der Waals surface area (Å²) in [6.45, 7) is 4.56. The summed E-state index contributed by atoms with van der Waals surface area (Å²) >= 11 is 0. The summed E-state index contributed by atoms with van der Waals surface area (Å²) in [5.41, 5.74) is 1.49. The molecule has 10 nitrogen and oxygen atoms in total. The van der Waals surface area contributed by atoms with Gasteiger partial charge < -0.3 is 15.4 Å². The van der Waals surface area contributed by atoms with Crippen LogP contribution < -0.4 is 10.6 Å². The number of hydrogen-bond acceptors (Lipinski definition) is 9. The molecule has 0 saturated heterocycles. The minimum absolute atomic E-state index is 0.0313. The van der Waals surface area contributed by atoms with Gasteiger partial charge in [0, 0.05) is 24.6 Å². The highest BCUT2D eigenvalue weighted by atomic mass is 16.6. The molecule has 0 aliphatic carbocycles. The van der Waals surface area contributed by atoms with Gasteiger partial charge in [-0.25, -0.2) is 14.8 Å². The van der Waals surface area contributed by atoms with E-state index in [1.807, 2.05) is 19.9 Å². The van der Waals surface area contributed by atoms with Crippen molar-refractivity contribution < 1.29 is 14.5 Å². The van der Waals surface area contributed by atoms with Crippen LogP contribution in [0.3, 0.4) is 0 Å². The van der Waals surface area contributed by atoms with E-state index in [1.165, 1.54) is 6.33 Å². The molecule has 0 unspecified atom stereocenters. The van der Waals surface area contributed by atoms with E-state index in [0.717, 1.165) is 5.56 Å². The van der Waals surface area contributed by atoms with E-state index in [0.29, 0.717) is 24.4 Å². The summed E-state index contributed by atoms with van der Waals surface area (Å²) < 4.78 is 5.20. The number of nitro groups is 1. The summed E-state index contributed by atoms with van der Waals surface area (Å²) in [7, 11) is 0. The molecule has 3 aromatic rings. The topological polar surface area (TPSA) is 132 Å². The Labute approximate surface area is 178 Å². The highest BCUT2D eigenvalue weighted by Gasteiger charge is 2.23. The molecule has 0 atom stereocenters. The van der Waals surface area contributed by atoms with Gasteiger partial charge in [0.1, 0.15) is 6.33 Å². The maximum atomic E-state index is 12.0. The molecule has 31 heavy (non-hydrogen) atoms. The molecule has 0 bridgehead atoms. The highest BCUT2D eigenvalue weighted by Crippen LogP contribution is 2.31. The molecular formula is C21H22N6O4. The van der Waals surface area contributed by atoms with Crippen molar-refractivity contribution in [1.82, 2.24) is 15.0 Å². The SMILES string of the molecule is CC(C)COC(=O)c1ccc(Nc2ncnc(NCc3cccnc3)c2[N+](=O)[O-])cc1. The number of nitrogens with zero attached hydrogens (tertiary/aromatic N) is 4. The molecule has 1 aromatic carbocycles. The van der Waals surface area contributed by atoms with Crippen LogP contribution in [0.5, 0.6) is 0 Å². The Morgan fingerprint density at radius 1 is 1.16 bits per heavy atom. The molecule has 0 amide bonds. The Hall–Kier alpha value is -4.08. The molecule has 10 heteroatoms. The summed E-state index contributed by atoms with van der Waals surface area (Å²) in [5, 5.41) is 17.5. The predicted molar refractivity (Wildman–Crippen MR) is 115 cm³/mol. The summed E-state index contributed by atoms with van der Waals surface area (Å²) in [6.07, 6.45) is 4.54. The van der Waals surface area contributed by atoms with Crippen LogP contribution in [0, 0.1) is 16.0 Å². The maximum Gasteiger partial charge on any atom is 0.353 e. The lowest BCUT2D eigenvalue weighted by molar-refractivity contribution is -0.383. The molecule has 0 fully saturated rings. The van der Waals surface area contributed by atoms with Gasteiger partial charge in [0.15, 0.2) is 0 Å². The first-order valence-electron chi connectivity index (χ1n) is 9.60. The molecular weight excluding hydrogens is 400 g/mol. The van der Waals surface area contributed by atoms with Crippen molar-refractivity contribution in [2.45, 2.75) is 20.4 Å². The van der Waals surface area contributed by atoms with E-state index in [9.17, 15) is 14.9 Å². The van der Waals surface area contributed by atoms with Crippen LogP contribution >= 0.6 is 0 Å². The normalized spacial score (nSPS) is 10.5. The second-order valence-corrected chi connectivity index (χ2v) is 7.09. The number of anilines is 3. The Morgan fingerprint density at radius 2 is 1.90 bits per heavy atom. The molecule has 2 heterocycles. The Morgan fingerprint density at radius 3 is 2.55 bits per heavy atom. The molecule has 0 aliphatic heterocycles. The quantitative estimate of drug-likeness (QED) is 0.299. The lowest BCUT2D eigenvalue weighted by Gasteiger charge is -2.11. The van der Waals surface area contributed by atoms with Crippen molar-refractivity contribution in [3.63, 3.8) is 0 Å². The molecule has 0 spiro atoms. The first-order chi connectivity index (χ1) is 14.9. The largest absolute Gasteiger partial charge is 0.462 e. The first kappa shape index (κ1) is 21.6. The second-order valence-electron chi connectivity index (χ2n) is 7.09. The van der Waals surface area contributed by atoms with Gasteiger partial charge in [-0.1, -0.05) is 19.9 Å². The number of carbonyl (C=O) groups is 1. The molecule has 160 valence electrons. The molecule has 3 rings (SSSR count). The zero-order chi connectivity index (χ0) is 22.2. The van der Waals surface area contributed by atoms with Gasteiger partial charge in [0.25, 0.3) is 0 Å². The van der Waals surface area contributed by atoms with Gasteiger partial charge in [0.2, 0.25) is 11.6 Å². The van der Waals surface area contributed by atoms with Gasteiger partial charge in [-0.2, -0.15) is 0 Å². The van der Waals surface area contributed by atoms with Crippen molar-refractivity contribution in [1.29, 1.82) is 0 Å². The number of hydrogen-bond donors (Lipinski definition) is 2. The van der Waals surface area contributed by atoms with Crippen molar-refractivity contribution in [2.75, 3.05) is 17.2 Å². The van der Waals surface area contributed by atoms with Gasteiger partial charge in [-0.05, 0) is 41.8 Å². The third-order valence-electron chi connectivity index (χ3n) is 4.12. The number of pyridine rings is 1. The molecule has 0 radical (unpaired) electrons. The van der Waals surface area contributed by atoms with E-state index >= 15 is 0 Å². The lowest BCUT2D eigenvalue weighted by atomic mass is 10.2. The van der Waals surface area contributed by atoms with E-state index < -0.39 is 10.9 Å². The Balaban J connectivity index is 1.75. The van der Waals surface area contributed by atoms with Crippen molar-refractivity contribution in [3.05, 3.63) is 76.4 Å². The summed E-state index contributed by atoms with van der Waals surface area (Å²) in [6, 6.07) is 10.0. The Bertz CT molecular complexity index is 1040. The number of esters is 1. The third-order valence-corrected chi connectivity index (χ3v) is 4.12. The van der Waals surface area contributed by atoms with E-state index in [2.05, 4.69) is 25.6 Å². The minimum atomic E-state index is -0.550. The predicted octanol–water partition coefficient (Wildman–Crippen LogP) is 3.95. The van der Waals surface area contributed by atoms with Gasteiger partial charge in [-0.15, -0.1) is 0 Å². The van der Waals surface area contributed by atoms with Crippen LogP contribution in [0.15, 0.2) is 55.1 Å². The number of carbonyl (C=O) groups excluding carboxylic acids is 1. The molecule has 0 aliphatic rings. The highest BCUT2D eigenvalue weighted by molar-refractivity contribution is 5.90. The zero-order valence-electron chi connectivity index (χ0n) is 17.1. The van der Waals surface area contributed by atoms with Gasteiger partial charge >= 0.3 is 11.7 Å². The van der Waals surface area contributed by atoms with Gasteiger partial charge in [-0.3, -0.25) is 15.1 Å². The fourth-order valence-corrected chi connectivity index (χ4v) is 2.61. The monoisotopic (exact) mass is 422 g/mol. The average Bonchev–Trinajstić information content (AvgIpc) is 2.77. The standard InChI is InChI=1S/C21H22N6O4/c1-14(2)12-31-21(28)16-5-7-17(8-6-16)26-20-18(27(29)30)19(24-13-25-20)23-11-15-4-3-9-22-10-15/h3-10,13-14H,11-12H2,1-2H3,(H2,23,24,25,26). The van der Waals surface area contributed by atoms with E-state index in [-0.39, 0.29) is 23.2 Å². The molecule has 2 aromatic heterocycles. The van der Waals surface area contributed by atoms with Crippen LogP contribution in [0.2, 0.25) is 0 Å². The molecule has 2 N–H and O–H groups in total. The summed E-state index contributed by atoms with van der Waals surface area (Å²) in [5.74, 6) is -0.0663. The van der Waals surface area contributed by atoms with Crippen molar-refractivity contribution >= 4 is 29.0 Å².